The highest BCUT2D eigenvalue weighted by Crippen LogP contribution is 2.72. The summed E-state index contributed by atoms with van der Waals surface area (Å²) in [6.07, 6.45) is 5.16. The first kappa shape index (κ1) is 34.7. The van der Waals surface area contributed by atoms with Crippen LogP contribution in [-0.4, -0.2) is 73.9 Å². The molecular formula is C41H47N3O4S. The molecule has 3 fully saturated rings. The molecule has 1 N–H and O–H groups in total. The third-order valence-electron chi connectivity index (χ3n) is 10.8. The van der Waals surface area contributed by atoms with Gasteiger partial charge in [-0.2, -0.15) is 0 Å². The molecule has 3 aliphatic heterocycles. The predicted molar refractivity (Wildman–Crippen MR) is 197 cm³/mol. The van der Waals surface area contributed by atoms with Crippen molar-refractivity contribution in [1.29, 1.82) is 0 Å². The van der Waals surface area contributed by atoms with Crippen LogP contribution >= 0.6 is 11.8 Å². The van der Waals surface area contributed by atoms with Gasteiger partial charge in [0.25, 0.3) is 5.91 Å². The van der Waals surface area contributed by atoms with E-state index in [2.05, 4.69) is 20.1 Å². The van der Waals surface area contributed by atoms with E-state index in [9.17, 15) is 9.90 Å². The van der Waals surface area contributed by atoms with Gasteiger partial charge in [-0.05, 0) is 62.3 Å². The summed E-state index contributed by atoms with van der Waals surface area (Å²) in [5.41, 5.74) is 4.67. The van der Waals surface area contributed by atoms with Crippen molar-refractivity contribution in [2.24, 2.45) is 11.8 Å². The smallest absolute Gasteiger partial charge is 0.251 e. The summed E-state index contributed by atoms with van der Waals surface area (Å²) in [5, 5.41) is 11.0. The Hall–Kier alpha value is -4.14. The fourth-order valence-corrected chi connectivity index (χ4v) is 11.1. The molecule has 3 aliphatic rings. The molecule has 6 rings (SSSR count). The number of hydrogen-bond acceptors (Lipinski definition) is 5. The number of thioether (sulfide) groups is 1. The maximum absolute atomic E-state index is 15.3. The summed E-state index contributed by atoms with van der Waals surface area (Å²) in [6, 6.07) is 24.0. The summed E-state index contributed by atoms with van der Waals surface area (Å²) in [4.78, 5) is 50.5. The Bertz CT molecular complexity index is 1710. The van der Waals surface area contributed by atoms with Gasteiger partial charge in [0.15, 0.2) is 0 Å². The number of carbonyl (C=O) groups is 3. The molecule has 6 atom stereocenters. The van der Waals surface area contributed by atoms with Crippen LogP contribution in [0.1, 0.15) is 42.0 Å². The van der Waals surface area contributed by atoms with E-state index in [0.29, 0.717) is 32.4 Å². The molecule has 3 amide bonds. The second-order valence-electron chi connectivity index (χ2n) is 14.0. The number of likely N-dealkylation sites (tertiary alicyclic amines) is 1. The largest absolute Gasteiger partial charge is 0.394 e. The van der Waals surface area contributed by atoms with E-state index < -0.39 is 33.4 Å². The highest BCUT2D eigenvalue weighted by atomic mass is 32.2. The van der Waals surface area contributed by atoms with Crippen LogP contribution in [0, 0.1) is 25.7 Å². The molecule has 3 aromatic carbocycles. The van der Waals surface area contributed by atoms with Gasteiger partial charge in [-0.25, -0.2) is 0 Å². The maximum Gasteiger partial charge on any atom is 0.251 e. The number of amides is 3. The van der Waals surface area contributed by atoms with Gasteiger partial charge in [0.05, 0.1) is 29.2 Å². The molecule has 1 spiro atoms. The van der Waals surface area contributed by atoms with E-state index in [1.54, 1.807) is 38.6 Å². The molecule has 0 saturated carbocycles. The molecular weight excluding hydrogens is 631 g/mol. The van der Waals surface area contributed by atoms with Crippen LogP contribution in [0.4, 0.5) is 5.69 Å². The first-order chi connectivity index (χ1) is 23.6. The van der Waals surface area contributed by atoms with Gasteiger partial charge in [0, 0.05) is 30.1 Å². The van der Waals surface area contributed by atoms with Crippen LogP contribution in [-0.2, 0) is 27.3 Å². The van der Waals surface area contributed by atoms with E-state index in [0.717, 1.165) is 27.9 Å². The Labute approximate surface area is 294 Å². The number of fused-ring (bicyclic) bond motifs is 1. The van der Waals surface area contributed by atoms with Crippen molar-refractivity contribution in [1.82, 2.24) is 9.80 Å². The van der Waals surface area contributed by atoms with Crippen molar-refractivity contribution in [3.63, 3.8) is 0 Å². The molecule has 256 valence electrons. The number of aliphatic hydroxyl groups excluding tert-OH is 1. The van der Waals surface area contributed by atoms with E-state index in [1.165, 1.54) is 0 Å². The summed E-state index contributed by atoms with van der Waals surface area (Å²) < 4.78 is -1.37. The highest BCUT2D eigenvalue weighted by Gasteiger charge is 2.78. The average molecular weight is 678 g/mol. The zero-order valence-corrected chi connectivity index (χ0v) is 29.6. The number of carbonyl (C=O) groups excluding carboxylic acids is 3. The molecule has 2 unspecified atom stereocenters. The number of nitrogens with zero attached hydrogens (tertiary/aromatic N) is 3. The second kappa shape index (κ2) is 14.0. The van der Waals surface area contributed by atoms with Gasteiger partial charge in [-0.15, -0.1) is 24.9 Å². The number of aryl methyl sites for hydroxylation is 2. The molecule has 0 aliphatic carbocycles. The standard InChI is InChI=1S/C41H47N3O4S/c1-6-23-42(26-31-19-12-9-13-20-31)37(46)33-34-38(47)44(32(27-45)25-30-17-10-8-11-18-30)36(41(34)22-21-40(33,5)49-41)39(48)43(24-7-2)35-28(3)15-14-16-29(35)4/h6-20,32-34,36,45H,1-2,21-27H2,3-5H3/t32-,33-,34+,36?,40+,41?/m1/s1. The Morgan fingerprint density at radius 3 is 2.12 bits per heavy atom. The van der Waals surface area contributed by atoms with Crippen LogP contribution in [0.5, 0.6) is 0 Å². The number of para-hydroxylation sites is 1. The van der Waals surface area contributed by atoms with Crippen LogP contribution in [0.2, 0.25) is 0 Å². The second-order valence-corrected chi connectivity index (χ2v) is 15.9. The van der Waals surface area contributed by atoms with Crippen molar-refractivity contribution >= 4 is 35.2 Å². The Morgan fingerprint density at radius 1 is 0.918 bits per heavy atom. The summed E-state index contributed by atoms with van der Waals surface area (Å²) in [6.45, 7) is 14.7. The SMILES string of the molecule is C=CCN(Cc1ccccc1)C(=O)[C@H]1[C@H]2C(=O)N([C@@H](CO)Cc3ccccc3)C(C(=O)N(CC=C)c3c(C)cccc3C)C23CC[C@]1(C)S3. The fourth-order valence-electron chi connectivity index (χ4n) is 8.74. The highest BCUT2D eigenvalue weighted by molar-refractivity contribution is 8.02. The molecule has 49 heavy (non-hydrogen) atoms. The lowest BCUT2D eigenvalue weighted by molar-refractivity contribution is -0.146. The lowest BCUT2D eigenvalue weighted by Crippen LogP contribution is -2.58. The van der Waals surface area contributed by atoms with E-state index in [-0.39, 0.29) is 30.9 Å². The van der Waals surface area contributed by atoms with E-state index >= 15 is 9.59 Å². The van der Waals surface area contributed by atoms with Crippen LogP contribution in [0.3, 0.4) is 0 Å². The minimum atomic E-state index is -0.878. The lowest BCUT2D eigenvalue weighted by atomic mass is 9.66. The van der Waals surface area contributed by atoms with Crippen molar-refractivity contribution in [3.8, 4) is 0 Å². The summed E-state index contributed by atoms with van der Waals surface area (Å²) >= 11 is 1.66. The van der Waals surface area contributed by atoms with Crippen molar-refractivity contribution in [2.75, 3.05) is 24.6 Å². The minimum absolute atomic E-state index is 0.0898. The molecule has 3 heterocycles. The topological polar surface area (TPSA) is 81.2 Å². The van der Waals surface area contributed by atoms with Gasteiger partial charge >= 0.3 is 0 Å². The van der Waals surface area contributed by atoms with Gasteiger partial charge in [-0.1, -0.05) is 91.0 Å². The number of anilines is 1. The first-order valence-corrected chi connectivity index (χ1v) is 18.0. The first-order valence-electron chi connectivity index (χ1n) is 17.2. The van der Waals surface area contributed by atoms with Gasteiger partial charge < -0.3 is 19.8 Å². The molecule has 8 heteroatoms. The van der Waals surface area contributed by atoms with Crippen molar-refractivity contribution in [3.05, 3.63) is 126 Å². The number of rotatable bonds is 13. The quantitative estimate of drug-likeness (QED) is 0.221. The van der Waals surface area contributed by atoms with Crippen molar-refractivity contribution < 1.29 is 19.5 Å². The van der Waals surface area contributed by atoms with Gasteiger partial charge in [-0.3, -0.25) is 14.4 Å². The average Bonchev–Trinajstić information content (AvgIpc) is 3.67. The van der Waals surface area contributed by atoms with E-state index in [4.69, 9.17) is 0 Å². The molecule has 7 nitrogen and oxygen atoms in total. The summed E-state index contributed by atoms with van der Waals surface area (Å²) in [7, 11) is 0. The molecule has 3 saturated heterocycles. The monoisotopic (exact) mass is 677 g/mol. The maximum atomic E-state index is 15.3. The fraction of sp³-hybridized carbons (Fsp3) is 0.390. The predicted octanol–water partition coefficient (Wildman–Crippen LogP) is 6.12. The molecule has 3 aromatic rings. The molecule has 2 bridgehead atoms. The number of benzene rings is 3. The number of hydrogen-bond donors (Lipinski definition) is 1. The van der Waals surface area contributed by atoms with Gasteiger partial charge in [0.1, 0.15) is 6.04 Å². The summed E-state index contributed by atoms with van der Waals surface area (Å²) in [5.74, 6) is -1.85. The Balaban J connectivity index is 1.47. The third kappa shape index (κ3) is 6.03. The lowest BCUT2D eigenvalue weighted by Gasteiger charge is -2.40. The zero-order chi connectivity index (χ0) is 34.9. The van der Waals surface area contributed by atoms with Crippen LogP contribution < -0.4 is 4.90 Å². The Kier molecular flexibility index (Phi) is 9.92. The number of aliphatic hydroxyl groups is 1. The van der Waals surface area contributed by atoms with Crippen molar-refractivity contribution in [2.45, 2.75) is 68.2 Å². The van der Waals surface area contributed by atoms with Crippen LogP contribution in [0.15, 0.2) is 104 Å². The minimum Gasteiger partial charge on any atom is -0.394 e. The molecule has 0 radical (unpaired) electrons. The zero-order valence-electron chi connectivity index (χ0n) is 28.8. The molecule has 0 aromatic heterocycles. The van der Waals surface area contributed by atoms with Gasteiger partial charge in [0.2, 0.25) is 11.8 Å². The Morgan fingerprint density at radius 2 is 1.53 bits per heavy atom. The van der Waals surface area contributed by atoms with E-state index in [1.807, 2.05) is 92.7 Å². The third-order valence-corrected chi connectivity index (χ3v) is 12.8. The van der Waals surface area contributed by atoms with Crippen LogP contribution in [0.25, 0.3) is 0 Å². The normalized spacial score (nSPS) is 25.9.